The third-order valence-corrected chi connectivity index (χ3v) is 6.05. The van der Waals surface area contributed by atoms with E-state index in [0.717, 1.165) is 42.1 Å². The summed E-state index contributed by atoms with van der Waals surface area (Å²) in [5.41, 5.74) is 4.71. The van der Waals surface area contributed by atoms with Gasteiger partial charge in [0.05, 0.1) is 6.10 Å². The van der Waals surface area contributed by atoms with Crippen molar-refractivity contribution >= 4 is 22.7 Å². The van der Waals surface area contributed by atoms with Crippen LogP contribution in [0.3, 0.4) is 0 Å². The minimum Gasteiger partial charge on any atom is -0.373 e. The summed E-state index contributed by atoms with van der Waals surface area (Å²) in [5.74, 6) is -0.391. The van der Waals surface area contributed by atoms with Crippen LogP contribution in [0.5, 0.6) is 0 Å². The summed E-state index contributed by atoms with van der Waals surface area (Å²) < 4.78 is 6.12. The zero-order chi connectivity index (χ0) is 22.3. The fourth-order valence-electron chi connectivity index (χ4n) is 4.49. The molecular formula is C26H31N3O3. The minimum atomic E-state index is -0.613. The van der Waals surface area contributed by atoms with Gasteiger partial charge in [0.2, 0.25) is 11.8 Å². The van der Waals surface area contributed by atoms with Gasteiger partial charge in [-0.1, -0.05) is 42.5 Å². The molecule has 0 saturated heterocycles. The minimum absolute atomic E-state index is 0.143. The number of carbonyl (C=O) groups is 2. The number of rotatable bonds is 9. The molecule has 2 atom stereocenters. The van der Waals surface area contributed by atoms with Crippen molar-refractivity contribution in [3.8, 4) is 0 Å². The second-order valence-electron chi connectivity index (χ2n) is 8.41. The van der Waals surface area contributed by atoms with Crippen LogP contribution < -0.4 is 10.6 Å². The molecule has 0 fully saturated rings. The predicted octanol–water partition coefficient (Wildman–Crippen LogP) is 3.82. The first-order valence-electron chi connectivity index (χ1n) is 11.4. The lowest BCUT2D eigenvalue weighted by Gasteiger charge is -2.25. The molecule has 32 heavy (non-hydrogen) atoms. The molecule has 0 bridgehead atoms. The molecule has 4 rings (SSSR count). The number of hydrogen-bond donors (Lipinski definition) is 3. The number of para-hydroxylation sites is 1. The Bertz CT molecular complexity index is 1070. The van der Waals surface area contributed by atoms with E-state index in [2.05, 4.69) is 39.9 Å². The highest BCUT2D eigenvalue weighted by Crippen LogP contribution is 2.32. The Morgan fingerprint density at radius 1 is 1.16 bits per heavy atom. The van der Waals surface area contributed by atoms with Crippen molar-refractivity contribution in [3.63, 3.8) is 0 Å². The van der Waals surface area contributed by atoms with Gasteiger partial charge in [0, 0.05) is 43.6 Å². The van der Waals surface area contributed by atoms with Crippen LogP contribution in [0.2, 0.25) is 0 Å². The number of aromatic amines is 1. The normalized spacial score (nSPS) is 16.3. The van der Waals surface area contributed by atoms with Crippen LogP contribution in [-0.4, -0.2) is 36.0 Å². The van der Waals surface area contributed by atoms with Gasteiger partial charge in [-0.3, -0.25) is 9.59 Å². The molecule has 3 N–H and O–H groups in total. The van der Waals surface area contributed by atoms with E-state index >= 15 is 0 Å². The third kappa shape index (κ3) is 5.37. The van der Waals surface area contributed by atoms with Crippen LogP contribution >= 0.6 is 0 Å². The number of aryl methyl sites for hydroxylation is 1. The Hall–Kier alpha value is -3.12. The molecule has 1 aliphatic carbocycles. The molecule has 2 aromatic carbocycles. The summed E-state index contributed by atoms with van der Waals surface area (Å²) in [5, 5.41) is 6.82. The van der Waals surface area contributed by atoms with Gasteiger partial charge in [-0.25, -0.2) is 0 Å². The summed E-state index contributed by atoms with van der Waals surface area (Å²) in [6.07, 6.45) is 6.51. The fraction of sp³-hybridized carbons (Fsp3) is 0.385. The number of fused-ring (bicyclic) bond motifs is 2. The maximum Gasteiger partial charge on any atom is 0.242 e. The summed E-state index contributed by atoms with van der Waals surface area (Å²) in [4.78, 5) is 27.7. The molecule has 1 aromatic heterocycles. The molecule has 3 aromatic rings. The second-order valence-corrected chi connectivity index (χ2v) is 8.41. The van der Waals surface area contributed by atoms with E-state index in [1.165, 1.54) is 18.1 Å². The van der Waals surface area contributed by atoms with Crippen LogP contribution in [0, 0.1) is 0 Å². The molecule has 1 aliphatic rings. The van der Waals surface area contributed by atoms with Gasteiger partial charge in [-0.15, -0.1) is 0 Å². The molecule has 0 radical (unpaired) electrons. The lowest BCUT2D eigenvalue weighted by molar-refractivity contribution is -0.128. The smallest absolute Gasteiger partial charge is 0.242 e. The third-order valence-electron chi connectivity index (χ3n) is 6.05. The quantitative estimate of drug-likeness (QED) is 0.449. The number of benzene rings is 2. The zero-order valence-electron chi connectivity index (χ0n) is 18.5. The molecule has 6 nitrogen and oxygen atoms in total. The average Bonchev–Trinajstić information content (AvgIpc) is 3.21. The molecule has 0 aliphatic heterocycles. The first kappa shape index (κ1) is 22.1. The van der Waals surface area contributed by atoms with Crippen LogP contribution in [-0.2, 0) is 27.2 Å². The van der Waals surface area contributed by atoms with Gasteiger partial charge in [0.25, 0.3) is 0 Å². The van der Waals surface area contributed by atoms with Gasteiger partial charge in [0.15, 0.2) is 0 Å². The predicted molar refractivity (Wildman–Crippen MR) is 125 cm³/mol. The number of amides is 2. The summed E-state index contributed by atoms with van der Waals surface area (Å²) >= 11 is 0. The van der Waals surface area contributed by atoms with E-state index in [4.69, 9.17) is 4.74 Å². The van der Waals surface area contributed by atoms with Crippen molar-refractivity contribution in [2.45, 2.75) is 51.2 Å². The Kier molecular flexibility index (Phi) is 7.22. The lowest BCUT2D eigenvalue weighted by Crippen LogP contribution is -2.47. The highest BCUT2D eigenvalue weighted by Gasteiger charge is 2.22. The first-order chi connectivity index (χ1) is 15.6. The molecule has 2 unspecified atom stereocenters. The topological polar surface area (TPSA) is 83.2 Å². The van der Waals surface area contributed by atoms with Crippen molar-refractivity contribution in [2.75, 3.05) is 13.2 Å². The number of ether oxygens (including phenoxy) is 1. The van der Waals surface area contributed by atoms with E-state index in [1.54, 1.807) is 0 Å². The van der Waals surface area contributed by atoms with Crippen molar-refractivity contribution in [2.24, 2.45) is 0 Å². The SMILES string of the molecule is CC(=O)NC(Cc1c[nH]c2ccccc12)C(=O)NCCCOC1CCCc2ccccc21. The Morgan fingerprint density at radius 3 is 2.84 bits per heavy atom. The van der Waals surface area contributed by atoms with E-state index in [-0.39, 0.29) is 17.9 Å². The van der Waals surface area contributed by atoms with E-state index in [0.29, 0.717) is 19.6 Å². The van der Waals surface area contributed by atoms with E-state index in [9.17, 15) is 9.59 Å². The van der Waals surface area contributed by atoms with Gasteiger partial charge in [-0.2, -0.15) is 0 Å². The number of aromatic nitrogens is 1. The lowest BCUT2D eigenvalue weighted by atomic mass is 9.89. The van der Waals surface area contributed by atoms with Gasteiger partial charge >= 0.3 is 0 Å². The number of H-pyrrole nitrogens is 1. The first-order valence-corrected chi connectivity index (χ1v) is 11.4. The Morgan fingerprint density at radius 2 is 1.97 bits per heavy atom. The number of hydrogen-bond acceptors (Lipinski definition) is 3. The van der Waals surface area contributed by atoms with Gasteiger partial charge in [0.1, 0.15) is 6.04 Å². The van der Waals surface area contributed by atoms with Crippen LogP contribution in [0.1, 0.15) is 49.0 Å². The molecule has 168 valence electrons. The molecule has 2 amide bonds. The fourth-order valence-corrected chi connectivity index (χ4v) is 4.49. The maximum absolute atomic E-state index is 12.8. The van der Waals surface area contributed by atoms with Gasteiger partial charge in [-0.05, 0) is 48.4 Å². The highest BCUT2D eigenvalue weighted by molar-refractivity contribution is 5.89. The van der Waals surface area contributed by atoms with Gasteiger partial charge < -0.3 is 20.4 Å². The van der Waals surface area contributed by atoms with Crippen LogP contribution in [0.4, 0.5) is 0 Å². The maximum atomic E-state index is 12.8. The summed E-state index contributed by atoms with van der Waals surface area (Å²) in [6, 6.07) is 15.8. The van der Waals surface area contributed by atoms with Crippen molar-refractivity contribution < 1.29 is 14.3 Å². The van der Waals surface area contributed by atoms with Crippen molar-refractivity contribution in [1.29, 1.82) is 0 Å². The number of carbonyl (C=O) groups excluding carboxylic acids is 2. The summed E-state index contributed by atoms with van der Waals surface area (Å²) in [7, 11) is 0. The van der Waals surface area contributed by atoms with Crippen molar-refractivity contribution in [3.05, 3.63) is 71.4 Å². The highest BCUT2D eigenvalue weighted by atomic mass is 16.5. The second kappa shape index (κ2) is 10.5. The standard InChI is InChI=1S/C26H31N3O3/c1-18(30)29-24(16-20-17-28-23-12-5-4-10-21(20)23)26(31)27-14-7-15-32-25-13-6-9-19-8-2-3-11-22(19)25/h2-5,8,10-12,17,24-25,28H,6-7,9,13-16H2,1H3,(H,27,31)(H,29,30). The Labute approximate surface area is 188 Å². The zero-order valence-corrected chi connectivity index (χ0v) is 18.5. The monoisotopic (exact) mass is 433 g/mol. The van der Waals surface area contributed by atoms with Crippen molar-refractivity contribution in [1.82, 2.24) is 15.6 Å². The molecule has 6 heteroatoms. The molecule has 1 heterocycles. The van der Waals surface area contributed by atoms with E-state index < -0.39 is 6.04 Å². The molecular weight excluding hydrogens is 402 g/mol. The summed E-state index contributed by atoms with van der Waals surface area (Å²) in [6.45, 7) is 2.54. The van der Waals surface area contributed by atoms with E-state index in [1.807, 2.05) is 30.5 Å². The molecule has 0 saturated carbocycles. The molecule has 0 spiro atoms. The Balaban J connectivity index is 1.27. The largest absolute Gasteiger partial charge is 0.373 e. The van der Waals surface area contributed by atoms with Crippen LogP contribution in [0.15, 0.2) is 54.7 Å². The van der Waals surface area contributed by atoms with Crippen LogP contribution in [0.25, 0.3) is 10.9 Å². The average molecular weight is 434 g/mol. The number of nitrogens with one attached hydrogen (secondary N) is 3.